The average molecular weight is 381 g/mol. The van der Waals surface area contributed by atoms with Crippen molar-refractivity contribution in [2.45, 2.75) is 37.6 Å². The Bertz CT molecular complexity index is 886. The molecule has 0 N–H and O–H groups in total. The molecule has 7 heteroatoms. The number of aromatic nitrogens is 2. The van der Waals surface area contributed by atoms with Crippen LogP contribution in [0, 0.1) is 5.92 Å². The van der Waals surface area contributed by atoms with Crippen molar-refractivity contribution in [3.05, 3.63) is 65.0 Å². The molecule has 3 heterocycles. The molecule has 2 aliphatic rings. The zero-order valence-corrected chi connectivity index (χ0v) is 15.7. The van der Waals surface area contributed by atoms with E-state index in [1.165, 1.54) is 11.8 Å². The number of hydrogen-bond donors (Lipinski definition) is 0. The summed E-state index contributed by atoms with van der Waals surface area (Å²) in [5.74, 6) is -0.502. The third-order valence-electron chi connectivity index (χ3n) is 4.85. The highest BCUT2D eigenvalue weighted by molar-refractivity contribution is 8.03. The van der Waals surface area contributed by atoms with Crippen LogP contribution in [0.2, 0.25) is 0 Å². The Morgan fingerprint density at radius 1 is 1.22 bits per heavy atom. The molecule has 0 aliphatic carbocycles. The number of β-lactam (4-membered cyclic amide) rings is 1. The van der Waals surface area contributed by atoms with Crippen LogP contribution < -0.4 is 0 Å². The molecule has 138 valence electrons. The van der Waals surface area contributed by atoms with E-state index in [2.05, 4.69) is 9.97 Å². The van der Waals surface area contributed by atoms with Gasteiger partial charge in [-0.1, -0.05) is 49.0 Å². The van der Waals surface area contributed by atoms with E-state index >= 15 is 0 Å². The highest BCUT2D eigenvalue weighted by Crippen LogP contribution is 2.48. The van der Waals surface area contributed by atoms with Gasteiger partial charge in [0.05, 0.1) is 12.0 Å². The molecule has 1 aromatic heterocycles. The molecule has 27 heavy (non-hydrogen) atoms. The fourth-order valence-electron chi connectivity index (χ4n) is 3.52. The van der Waals surface area contributed by atoms with Gasteiger partial charge in [-0.2, -0.15) is 0 Å². The molecule has 2 aliphatic heterocycles. The first-order valence-corrected chi connectivity index (χ1v) is 9.72. The predicted molar refractivity (Wildman–Crippen MR) is 100 cm³/mol. The van der Waals surface area contributed by atoms with Gasteiger partial charge in [0.1, 0.15) is 12.3 Å². The van der Waals surface area contributed by atoms with Gasteiger partial charge in [0.25, 0.3) is 0 Å². The van der Waals surface area contributed by atoms with Crippen LogP contribution in [0.15, 0.2) is 64.6 Å². The van der Waals surface area contributed by atoms with Gasteiger partial charge in [-0.25, -0.2) is 14.8 Å². The second-order valence-corrected chi connectivity index (χ2v) is 7.52. The number of ether oxygens (including phenoxy) is 1. The van der Waals surface area contributed by atoms with Crippen LogP contribution in [0.5, 0.6) is 0 Å². The molecule has 2 aromatic rings. The van der Waals surface area contributed by atoms with E-state index in [-0.39, 0.29) is 24.5 Å². The maximum atomic E-state index is 12.8. The normalized spacial score (nSPS) is 21.1. The van der Waals surface area contributed by atoms with Crippen LogP contribution >= 0.6 is 11.8 Å². The molecule has 4 rings (SSSR count). The van der Waals surface area contributed by atoms with Crippen molar-refractivity contribution in [2.24, 2.45) is 5.92 Å². The van der Waals surface area contributed by atoms with Gasteiger partial charge in [-0.3, -0.25) is 4.79 Å². The van der Waals surface area contributed by atoms with Gasteiger partial charge >= 0.3 is 5.97 Å². The Morgan fingerprint density at radius 3 is 2.67 bits per heavy atom. The van der Waals surface area contributed by atoms with Crippen LogP contribution in [0.3, 0.4) is 0 Å². The van der Waals surface area contributed by atoms with Crippen molar-refractivity contribution in [2.75, 3.05) is 0 Å². The zero-order chi connectivity index (χ0) is 18.8. The average Bonchev–Trinajstić information content (AvgIpc) is 3.02. The molecule has 1 amide bonds. The van der Waals surface area contributed by atoms with Crippen molar-refractivity contribution in [1.82, 2.24) is 14.9 Å². The SMILES string of the molecule is CCC1C(=O)N2C(C(=O)OCc3ccccc3)=C(Sc3ncccn3)CC12. The maximum Gasteiger partial charge on any atom is 0.356 e. The lowest BCUT2D eigenvalue weighted by Crippen LogP contribution is -2.58. The summed E-state index contributed by atoms with van der Waals surface area (Å²) in [6.07, 6.45) is 4.73. The summed E-state index contributed by atoms with van der Waals surface area (Å²) in [6, 6.07) is 11.3. The number of carbonyl (C=O) groups is 2. The third-order valence-corrected chi connectivity index (χ3v) is 5.85. The number of carbonyl (C=O) groups excluding carboxylic acids is 2. The van der Waals surface area contributed by atoms with Crippen molar-refractivity contribution in [3.63, 3.8) is 0 Å². The Labute approximate surface area is 161 Å². The molecule has 0 saturated carbocycles. The molecule has 2 unspecified atom stereocenters. The van der Waals surface area contributed by atoms with Crippen LogP contribution in [-0.4, -0.2) is 32.8 Å². The van der Waals surface area contributed by atoms with E-state index in [9.17, 15) is 9.59 Å². The Morgan fingerprint density at radius 2 is 1.96 bits per heavy atom. The minimum absolute atomic E-state index is 0.00117. The zero-order valence-electron chi connectivity index (χ0n) is 14.9. The molecule has 2 atom stereocenters. The second-order valence-electron chi connectivity index (χ2n) is 6.46. The van der Waals surface area contributed by atoms with E-state index < -0.39 is 5.97 Å². The Balaban J connectivity index is 1.57. The monoisotopic (exact) mass is 381 g/mol. The summed E-state index contributed by atoms with van der Waals surface area (Å²) in [7, 11) is 0. The number of fused-ring (bicyclic) bond motifs is 1. The van der Waals surface area contributed by atoms with Gasteiger partial charge < -0.3 is 9.64 Å². The fourth-order valence-corrected chi connectivity index (χ4v) is 4.50. The van der Waals surface area contributed by atoms with E-state index in [4.69, 9.17) is 4.74 Å². The smallest absolute Gasteiger partial charge is 0.356 e. The minimum atomic E-state index is -0.470. The fraction of sp³-hybridized carbons (Fsp3) is 0.300. The molecule has 1 saturated heterocycles. The molecule has 6 nitrogen and oxygen atoms in total. The topological polar surface area (TPSA) is 72.4 Å². The lowest BCUT2D eigenvalue weighted by Gasteiger charge is -2.43. The number of thioether (sulfide) groups is 1. The van der Waals surface area contributed by atoms with Gasteiger partial charge in [-0.15, -0.1) is 0 Å². The number of nitrogens with zero attached hydrogens (tertiary/aromatic N) is 3. The van der Waals surface area contributed by atoms with Crippen molar-refractivity contribution in [1.29, 1.82) is 0 Å². The van der Waals surface area contributed by atoms with E-state index in [0.29, 0.717) is 17.3 Å². The highest BCUT2D eigenvalue weighted by atomic mass is 32.2. The summed E-state index contributed by atoms with van der Waals surface area (Å²) < 4.78 is 5.50. The van der Waals surface area contributed by atoms with Gasteiger partial charge in [-0.05, 0) is 18.1 Å². The van der Waals surface area contributed by atoms with Crippen LogP contribution in [-0.2, 0) is 20.9 Å². The van der Waals surface area contributed by atoms with Crippen molar-refractivity contribution in [3.8, 4) is 0 Å². The molecule has 0 bridgehead atoms. The highest BCUT2D eigenvalue weighted by Gasteiger charge is 2.54. The lowest BCUT2D eigenvalue weighted by molar-refractivity contribution is -0.157. The summed E-state index contributed by atoms with van der Waals surface area (Å²) >= 11 is 1.33. The van der Waals surface area contributed by atoms with E-state index in [0.717, 1.165) is 16.9 Å². The largest absolute Gasteiger partial charge is 0.456 e. The standard InChI is InChI=1S/C20H19N3O3S/c1-2-14-15-11-16(27-20-21-9-6-10-22-20)17(23(15)18(14)24)19(25)26-12-13-7-4-3-5-8-13/h3-10,14-15H,2,11-12H2,1H3. The molecular weight excluding hydrogens is 362 g/mol. The predicted octanol–water partition coefficient (Wildman–Crippen LogP) is 3.16. The second kappa shape index (κ2) is 7.52. The van der Waals surface area contributed by atoms with Gasteiger partial charge in [0.15, 0.2) is 5.16 Å². The van der Waals surface area contributed by atoms with Crippen LogP contribution in [0.25, 0.3) is 0 Å². The molecular formula is C20H19N3O3S. The van der Waals surface area contributed by atoms with Crippen molar-refractivity contribution < 1.29 is 14.3 Å². The summed E-state index contributed by atoms with van der Waals surface area (Å²) in [5.41, 5.74) is 1.26. The van der Waals surface area contributed by atoms with Gasteiger partial charge in [0.2, 0.25) is 5.91 Å². The van der Waals surface area contributed by atoms with Crippen molar-refractivity contribution >= 4 is 23.6 Å². The first-order chi connectivity index (χ1) is 13.2. The molecule has 0 spiro atoms. The quantitative estimate of drug-likeness (QED) is 0.435. The van der Waals surface area contributed by atoms with Gasteiger partial charge in [0, 0.05) is 23.7 Å². The van der Waals surface area contributed by atoms with E-state index in [1.54, 1.807) is 23.4 Å². The molecule has 1 fully saturated rings. The first-order valence-electron chi connectivity index (χ1n) is 8.91. The Kier molecular flexibility index (Phi) is 4.94. The van der Waals surface area contributed by atoms with Crippen LogP contribution in [0.1, 0.15) is 25.3 Å². The maximum absolute atomic E-state index is 12.8. The first kappa shape index (κ1) is 17.7. The number of esters is 1. The third kappa shape index (κ3) is 3.35. The summed E-state index contributed by atoms with van der Waals surface area (Å²) in [6.45, 7) is 2.17. The van der Waals surface area contributed by atoms with Crippen LogP contribution in [0.4, 0.5) is 0 Å². The molecule has 0 radical (unpaired) electrons. The number of hydrogen-bond acceptors (Lipinski definition) is 6. The summed E-state index contributed by atoms with van der Waals surface area (Å²) in [5, 5.41) is 0.559. The number of amides is 1. The minimum Gasteiger partial charge on any atom is -0.456 e. The number of rotatable bonds is 6. The number of benzene rings is 1. The van der Waals surface area contributed by atoms with E-state index in [1.807, 2.05) is 37.3 Å². The lowest BCUT2D eigenvalue weighted by atomic mass is 9.85. The molecule has 1 aromatic carbocycles. The Hall–Kier alpha value is -2.67. The summed E-state index contributed by atoms with van der Waals surface area (Å²) in [4.78, 5) is 36.2.